The Kier molecular flexibility index (Phi) is 4.17. The zero-order chi connectivity index (χ0) is 13.6. The number of amides is 1. The van der Waals surface area contributed by atoms with E-state index >= 15 is 0 Å². The van der Waals surface area contributed by atoms with Crippen molar-refractivity contribution in [3.63, 3.8) is 0 Å². The molecule has 1 saturated carbocycles. The minimum Gasteiger partial charge on any atom is -0.324 e. The molecule has 1 aliphatic rings. The van der Waals surface area contributed by atoms with Crippen LogP contribution in [0.4, 0.5) is 18.9 Å². The summed E-state index contributed by atoms with van der Waals surface area (Å²) >= 11 is 0. The molecule has 7 heteroatoms. The fourth-order valence-electron chi connectivity index (χ4n) is 1.54. The van der Waals surface area contributed by atoms with Crippen molar-refractivity contribution >= 4 is 24.0 Å². The lowest BCUT2D eigenvalue weighted by Crippen LogP contribution is -2.38. The van der Waals surface area contributed by atoms with E-state index in [0.717, 1.165) is 12.1 Å². The van der Waals surface area contributed by atoms with Gasteiger partial charge in [0, 0.05) is 5.69 Å². The number of nitrogens with one attached hydrogen (secondary N) is 1. The van der Waals surface area contributed by atoms with Gasteiger partial charge in [0.15, 0.2) is 0 Å². The highest BCUT2D eigenvalue weighted by Crippen LogP contribution is 2.35. The smallest absolute Gasteiger partial charge is 0.324 e. The standard InChI is InChI=1S/C12H13F3N2O.ClH/c1-7-2-3-8(12(13,14)15)6-9(7)17-10(18)11(16)4-5-11;/h2-3,6H,4-5,16H2,1H3,(H,17,18);1H. The molecule has 1 fully saturated rings. The van der Waals surface area contributed by atoms with E-state index in [9.17, 15) is 18.0 Å². The molecule has 0 unspecified atom stereocenters. The van der Waals surface area contributed by atoms with Crippen LogP contribution in [0.5, 0.6) is 0 Å². The molecule has 0 aliphatic heterocycles. The van der Waals surface area contributed by atoms with Gasteiger partial charge >= 0.3 is 6.18 Å². The number of carbonyl (C=O) groups excluding carboxylic acids is 1. The first-order valence-corrected chi connectivity index (χ1v) is 5.50. The Labute approximate surface area is 114 Å². The highest BCUT2D eigenvalue weighted by molar-refractivity contribution is 6.00. The molecule has 1 aliphatic carbocycles. The van der Waals surface area contributed by atoms with Gasteiger partial charge in [-0.1, -0.05) is 6.07 Å². The molecule has 0 saturated heterocycles. The Morgan fingerprint density at radius 1 is 1.37 bits per heavy atom. The molecule has 2 rings (SSSR count). The second-order valence-electron chi connectivity index (χ2n) is 4.64. The predicted octanol–water partition coefficient (Wildman–Crippen LogP) is 2.87. The van der Waals surface area contributed by atoms with Gasteiger partial charge in [-0.25, -0.2) is 0 Å². The van der Waals surface area contributed by atoms with Crippen molar-refractivity contribution in [3.05, 3.63) is 29.3 Å². The molecule has 0 aromatic heterocycles. The molecule has 0 heterocycles. The summed E-state index contributed by atoms with van der Waals surface area (Å²) in [5.41, 5.74) is 4.72. The van der Waals surface area contributed by atoms with E-state index in [2.05, 4.69) is 5.32 Å². The number of nitrogens with two attached hydrogens (primary N) is 1. The Balaban J connectivity index is 0.00000180. The van der Waals surface area contributed by atoms with Crippen molar-refractivity contribution in [2.24, 2.45) is 5.73 Å². The summed E-state index contributed by atoms with van der Waals surface area (Å²) < 4.78 is 37.6. The van der Waals surface area contributed by atoms with Crippen molar-refractivity contribution in [2.75, 3.05) is 5.32 Å². The van der Waals surface area contributed by atoms with Gasteiger partial charge in [-0.15, -0.1) is 12.4 Å². The number of alkyl halides is 3. The number of benzene rings is 1. The lowest BCUT2D eigenvalue weighted by Gasteiger charge is -2.14. The summed E-state index contributed by atoms with van der Waals surface area (Å²) in [4.78, 5) is 11.7. The third-order valence-electron chi connectivity index (χ3n) is 3.05. The molecule has 0 spiro atoms. The highest BCUT2D eigenvalue weighted by atomic mass is 35.5. The maximum Gasteiger partial charge on any atom is 0.416 e. The van der Waals surface area contributed by atoms with E-state index in [0.29, 0.717) is 18.4 Å². The number of hydrogen-bond acceptors (Lipinski definition) is 2. The Morgan fingerprint density at radius 2 is 1.95 bits per heavy atom. The van der Waals surface area contributed by atoms with Crippen LogP contribution in [0.3, 0.4) is 0 Å². The van der Waals surface area contributed by atoms with Crippen LogP contribution in [-0.2, 0) is 11.0 Å². The molecule has 1 aromatic rings. The van der Waals surface area contributed by atoms with Gasteiger partial charge in [-0.2, -0.15) is 13.2 Å². The average Bonchev–Trinajstić information content (AvgIpc) is 2.99. The molecule has 106 valence electrons. The van der Waals surface area contributed by atoms with Crippen molar-refractivity contribution in [1.82, 2.24) is 0 Å². The van der Waals surface area contributed by atoms with E-state index in [-0.39, 0.29) is 18.1 Å². The number of hydrogen-bond donors (Lipinski definition) is 2. The van der Waals surface area contributed by atoms with Gasteiger partial charge in [0.1, 0.15) is 0 Å². The fourth-order valence-corrected chi connectivity index (χ4v) is 1.54. The summed E-state index contributed by atoms with van der Waals surface area (Å²) in [5, 5.41) is 2.46. The molecule has 19 heavy (non-hydrogen) atoms. The molecular weight excluding hydrogens is 281 g/mol. The number of aryl methyl sites for hydroxylation is 1. The Morgan fingerprint density at radius 3 is 2.42 bits per heavy atom. The zero-order valence-electron chi connectivity index (χ0n) is 10.2. The van der Waals surface area contributed by atoms with Crippen LogP contribution in [0.1, 0.15) is 24.0 Å². The highest BCUT2D eigenvalue weighted by Gasteiger charge is 2.46. The van der Waals surface area contributed by atoms with E-state index in [1.807, 2.05) is 0 Å². The van der Waals surface area contributed by atoms with Crippen molar-refractivity contribution in [3.8, 4) is 0 Å². The van der Waals surface area contributed by atoms with Gasteiger partial charge in [0.05, 0.1) is 11.1 Å². The minimum absolute atomic E-state index is 0. The molecule has 0 bridgehead atoms. The maximum absolute atomic E-state index is 12.5. The average molecular weight is 295 g/mol. The second kappa shape index (κ2) is 5.02. The molecular formula is C12H14ClF3N2O. The third-order valence-corrected chi connectivity index (χ3v) is 3.05. The van der Waals surface area contributed by atoms with Gasteiger partial charge in [-0.05, 0) is 37.5 Å². The summed E-state index contributed by atoms with van der Waals surface area (Å²) in [5.74, 6) is -0.426. The molecule has 3 N–H and O–H groups in total. The van der Waals surface area contributed by atoms with Gasteiger partial charge < -0.3 is 11.1 Å². The number of rotatable bonds is 2. The minimum atomic E-state index is -4.42. The van der Waals surface area contributed by atoms with Crippen LogP contribution in [0.25, 0.3) is 0 Å². The maximum atomic E-state index is 12.5. The van der Waals surface area contributed by atoms with Crippen LogP contribution in [-0.4, -0.2) is 11.4 Å². The SMILES string of the molecule is Cc1ccc(C(F)(F)F)cc1NC(=O)C1(N)CC1.Cl. The molecule has 0 radical (unpaired) electrons. The van der Waals surface area contributed by atoms with Gasteiger partial charge in [-0.3, -0.25) is 4.79 Å². The number of carbonyl (C=O) groups is 1. The largest absolute Gasteiger partial charge is 0.416 e. The topological polar surface area (TPSA) is 55.1 Å². The summed E-state index contributed by atoms with van der Waals surface area (Å²) in [6.45, 7) is 1.63. The molecule has 1 amide bonds. The van der Waals surface area contributed by atoms with Crippen molar-refractivity contribution in [2.45, 2.75) is 31.5 Å². The Bertz CT molecular complexity index is 498. The van der Waals surface area contributed by atoms with Crippen molar-refractivity contribution < 1.29 is 18.0 Å². The molecule has 1 aromatic carbocycles. The zero-order valence-corrected chi connectivity index (χ0v) is 11.0. The van der Waals surface area contributed by atoms with Crippen LogP contribution < -0.4 is 11.1 Å². The van der Waals surface area contributed by atoms with Crippen LogP contribution in [0.15, 0.2) is 18.2 Å². The molecule has 0 atom stereocenters. The predicted molar refractivity (Wildman–Crippen MR) is 68.2 cm³/mol. The normalized spacial score (nSPS) is 16.5. The fraction of sp³-hybridized carbons (Fsp3) is 0.417. The number of halogens is 4. The van der Waals surface area contributed by atoms with Gasteiger partial charge in [0.25, 0.3) is 0 Å². The van der Waals surface area contributed by atoms with Crippen LogP contribution in [0.2, 0.25) is 0 Å². The summed E-state index contributed by atoms with van der Waals surface area (Å²) in [6.07, 6.45) is -3.29. The lowest BCUT2D eigenvalue weighted by molar-refractivity contribution is -0.137. The Hall–Kier alpha value is -1.27. The van der Waals surface area contributed by atoms with Crippen LogP contribution in [0, 0.1) is 6.92 Å². The quantitative estimate of drug-likeness (QED) is 0.881. The van der Waals surface area contributed by atoms with Crippen LogP contribution >= 0.6 is 12.4 Å². The van der Waals surface area contributed by atoms with E-state index < -0.39 is 23.2 Å². The van der Waals surface area contributed by atoms with E-state index in [4.69, 9.17) is 5.73 Å². The first kappa shape index (κ1) is 15.8. The van der Waals surface area contributed by atoms with E-state index in [1.165, 1.54) is 6.07 Å². The first-order valence-electron chi connectivity index (χ1n) is 5.50. The molecule has 3 nitrogen and oxygen atoms in total. The van der Waals surface area contributed by atoms with Crippen molar-refractivity contribution in [1.29, 1.82) is 0 Å². The van der Waals surface area contributed by atoms with E-state index in [1.54, 1.807) is 6.92 Å². The third kappa shape index (κ3) is 3.39. The van der Waals surface area contributed by atoms with Gasteiger partial charge in [0.2, 0.25) is 5.91 Å². The summed E-state index contributed by atoms with van der Waals surface area (Å²) in [7, 11) is 0. The number of anilines is 1. The monoisotopic (exact) mass is 294 g/mol. The first-order chi connectivity index (χ1) is 8.22. The summed E-state index contributed by atoms with van der Waals surface area (Å²) in [6, 6.07) is 3.24. The lowest BCUT2D eigenvalue weighted by atomic mass is 10.1. The second-order valence-corrected chi connectivity index (χ2v) is 4.64.